The van der Waals surface area contributed by atoms with E-state index in [1.165, 1.54) is 6.07 Å². The van der Waals surface area contributed by atoms with Crippen LogP contribution in [-0.2, 0) is 19.8 Å². The summed E-state index contributed by atoms with van der Waals surface area (Å²) in [6.45, 7) is 6.18. The summed E-state index contributed by atoms with van der Waals surface area (Å²) in [5, 5.41) is 9.78. The molecule has 1 saturated carbocycles. The number of carbonyl (C=O) groups is 3. The highest BCUT2D eigenvalue weighted by molar-refractivity contribution is 6.31. The van der Waals surface area contributed by atoms with Crippen LogP contribution >= 0.6 is 23.2 Å². The predicted octanol–water partition coefficient (Wildman–Crippen LogP) is 5.12. The molecule has 0 radical (unpaired) electrons. The Balaban J connectivity index is 1.70. The SMILES string of the molecule is CC(C)(C)C[C@H]1N[C@@H](C(=O)N[C@H]2CCC(=O)C2)[C@H](c2cccc(Cl)c2F)[C@@]12C(=O)Nc1cc(Cl)ccc12. The number of amides is 2. The van der Waals surface area contributed by atoms with Gasteiger partial charge in [0, 0.05) is 41.6 Å². The molecule has 0 aromatic heterocycles. The molecule has 6 nitrogen and oxygen atoms in total. The van der Waals surface area contributed by atoms with Crippen molar-refractivity contribution in [2.24, 2.45) is 5.41 Å². The van der Waals surface area contributed by atoms with Crippen LogP contribution < -0.4 is 16.0 Å². The molecule has 2 aromatic carbocycles. The second-order valence-electron chi connectivity index (χ2n) is 11.6. The van der Waals surface area contributed by atoms with Gasteiger partial charge in [-0.15, -0.1) is 0 Å². The first-order chi connectivity index (χ1) is 17.4. The Kier molecular flexibility index (Phi) is 6.62. The van der Waals surface area contributed by atoms with E-state index >= 15 is 4.39 Å². The van der Waals surface area contributed by atoms with Crippen LogP contribution in [0.3, 0.4) is 0 Å². The Morgan fingerprint density at radius 1 is 1.19 bits per heavy atom. The van der Waals surface area contributed by atoms with Gasteiger partial charge in [-0.1, -0.05) is 62.2 Å². The minimum atomic E-state index is -1.30. The summed E-state index contributed by atoms with van der Waals surface area (Å²) in [6, 6.07) is 8.12. The lowest BCUT2D eigenvalue weighted by Crippen LogP contribution is -2.49. The molecule has 2 amide bonds. The molecule has 5 rings (SSSR count). The van der Waals surface area contributed by atoms with Gasteiger partial charge in [-0.3, -0.25) is 14.4 Å². The highest BCUT2D eigenvalue weighted by Crippen LogP contribution is 2.57. The lowest BCUT2D eigenvalue weighted by atomic mass is 9.62. The van der Waals surface area contributed by atoms with Crippen molar-refractivity contribution in [3.63, 3.8) is 0 Å². The first kappa shape index (κ1) is 26.1. The molecule has 9 heteroatoms. The van der Waals surface area contributed by atoms with E-state index in [9.17, 15) is 14.4 Å². The van der Waals surface area contributed by atoms with Crippen molar-refractivity contribution in [3.05, 3.63) is 63.4 Å². The minimum absolute atomic E-state index is 0.0813. The lowest BCUT2D eigenvalue weighted by Gasteiger charge is -2.37. The average molecular weight is 546 g/mol. The van der Waals surface area contributed by atoms with Gasteiger partial charge in [0.25, 0.3) is 0 Å². The van der Waals surface area contributed by atoms with E-state index in [2.05, 4.69) is 36.7 Å². The van der Waals surface area contributed by atoms with Gasteiger partial charge in [-0.25, -0.2) is 4.39 Å². The highest BCUT2D eigenvalue weighted by atomic mass is 35.5. The van der Waals surface area contributed by atoms with Gasteiger partial charge in [0.2, 0.25) is 11.8 Å². The largest absolute Gasteiger partial charge is 0.352 e. The number of fused-ring (bicyclic) bond motifs is 2. The second kappa shape index (κ2) is 9.37. The molecular formula is C28H30Cl2FN3O3. The maximum atomic E-state index is 15.7. The van der Waals surface area contributed by atoms with Crippen molar-refractivity contribution in [1.29, 1.82) is 0 Å². The third-order valence-corrected chi connectivity index (χ3v) is 8.34. The zero-order valence-corrected chi connectivity index (χ0v) is 22.5. The van der Waals surface area contributed by atoms with Gasteiger partial charge in [-0.2, -0.15) is 0 Å². The van der Waals surface area contributed by atoms with E-state index in [4.69, 9.17) is 23.2 Å². The molecular weight excluding hydrogens is 516 g/mol. The zero-order chi connectivity index (χ0) is 26.7. The number of rotatable bonds is 4. The number of hydrogen-bond donors (Lipinski definition) is 3. The maximum Gasteiger partial charge on any atom is 0.238 e. The average Bonchev–Trinajstić information content (AvgIpc) is 3.44. The summed E-state index contributed by atoms with van der Waals surface area (Å²) in [7, 11) is 0. The van der Waals surface area contributed by atoms with Gasteiger partial charge >= 0.3 is 0 Å². The number of benzene rings is 2. The smallest absolute Gasteiger partial charge is 0.238 e. The number of hydrogen-bond acceptors (Lipinski definition) is 4. The molecule has 37 heavy (non-hydrogen) atoms. The van der Waals surface area contributed by atoms with Crippen LogP contribution in [0, 0.1) is 11.2 Å². The molecule has 0 unspecified atom stereocenters. The minimum Gasteiger partial charge on any atom is -0.352 e. The van der Waals surface area contributed by atoms with Crippen LogP contribution in [0.25, 0.3) is 0 Å². The molecule has 2 fully saturated rings. The van der Waals surface area contributed by atoms with Crippen molar-refractivity contribution in [2.75, 3.05) is 5.32 Å². The quantitative estimate of drug-likeness (QED) is 0.497. The molecule has 2 heterocycles. The van der Waals surface area contributed by atoms with Gasteiger partial charge in [-0.05, 0) is 47.6 Å². The van der Waals surface area contributed by atoms with Crippen LogP contribution in [-0.4, -0.2) is 35.7 Å². The van der Waals surface area contributed by atoms with E-state index < -0.39 is 29.2 Å². The van der Waals surface area contributed by atoms with Crippen LogP contribution in [0.2, 0.25) is 10.0 Å². The molecule has 2 aromatic rings. The maximum absolute atomic E-state index is 15.7. The number of ketones is 1. The summed E-state index contributed by atoms with van der Waals surface area (Å²) in [4.78, 5) is 39.7. The Labute approximate surface area is 225 Å². The Morgan fingerprint density at radius 2 is 1.95 bits per heavy atom. The molecule has 3 aliphatic rings. The molecule has 5 atom stereocenters. The monoisotopic (exact) mass is 545 g/mol. The fourth-order valence-electron chi connectivity index (χ4n) is 6.38. The van der Waals surface area contributed by atoms with Crippen LogP contribution in [0.4, 0.5) is 10.1 Å². The summed E-state index contributed by atoms with van der Waals surface area (Å²) < 4.78 is 15.7. The molecule has 3 N–H and O–H groups in total. The molecule has 1 spiro atoms. The number of carbonyl (C=O) groups excluding carboxylic acids is 3. The first-order valence-electron chi connectivity index (χ1n) is 12.6. The van der Waals surface area contributed by atoms with E-state index in [1.807, 2.05) is 0 Å². The topological polar surface area (TPSA) is 87.3 Å². The van der Waals surface area contributed by atoms with Gasteiger partial charge < -0.3 is 16.0 Å². The Hall–Kier alpha value is -2.48. The highest BCUT2D eigenvalue weighted by Gasteiger charge is 2.66. The standard InChI is InChI=1S/C28H30Cl2FN3O3/c1-27(2,3)13-21-28(18-10-7-14(29)11-20(18)33-26(28)37)22(17-5-4-6-19(30)23(17)31)24(34-21)25(36)32-15-8-9-16(35)12-15/h4-7,10-11,15,21-22,24,34H,8-9,12-13H2,1-3H3,(H,32,36)(H,33,37)/t15-,21+,22-,24+,28-/m0/s1. The van der Waals surface area contributed by atoms with Crippen molar-refractivity contribution < 1.29 is 18.8 Å². The van der Waals surface area contributed by atoms with Crippen LogP contribution in [0.15, 0.2) is 36.4 Å². The fourth-order valence-corrected chi connectivity index (χ4v) is 6.73. The van der Waals surface area contributed by atoms with Crippen molar-refractivity contribution in [2.45, 2.75) is 75.9 Å². The second-order valence-corrected chi connectivity index (χ2v) is 12.4. The van der Waals surface area contributed by atoms with Crippen LogP contribution in [0.1, 0.15) is 63.5 Å². The zero-order valence-electron chi connectivity index (χ0n) is 21.0. The number of Topliss-reactive ketones (excluding diaryl/α,β-unsaturated/α-hetero) is 1. The fraction of sp³-hybridized carbons (Fsp3) is 0.464. The molecule has 1 saturated heterocycles. The van der Waals surface area contributed by atoms with Gasteiger partial charge in [0.15, 0.2) is 0 Å². The lowest BCUT2D eigenvalue weighted by molar-refractivity contribution is -0.124. The Bertz CT molecular complexity index is 1290. The van der Waals surface area contributed by atoms with Crippen molar-refractivity contribution in [3.8, 4) is 0 Å². The van der Waals surface area contributed by atoms with Crippen molar-refractivity contribution >= 4 is 46.5 Å². The molecule has 2 aliphatic heterocycles. The third kappa shape index (κ3) is 4.45. The van der Waals surface area contributed by atoms with E-state index in [-0.39, 0.29) is 46.1 Å². The number of nitrogens with one attached hydrogen (secondary N) is 3. The van der Waals surface area contributed by atoms with Gasteiger partial charge in [0.05, 0.1) is 11.1 Å². The first-order valence-corrected chi connectivity index (χ1v) is 13.3. The predicted molar refractivity (Wildman–Crippen MR) is 141 cm³/mol. The number of halogens is 3. The molecule has 1 aliphatic carbocycles. The summed E-state index contributed by atoms with van der Waals surface area (Å²) in [5.41, 5.74) is -0.114. The summed E-state index contributed by atoms with van der Waals surface area (Å²) in [5.74, 6) is -2.14. The molecule has 196 valence electrons. The normalized spacial score (nSPS) is 29.0. The van der Waals surface area contributed by atoms with E-state index in [0.717, 1.165) is 0 Å². The summed E-state index contributed by atoms with van der Waals surface area (Å²) >= 11 is 12.5. The van der Waals surface area contributed by atoms with E-state index in [1.54, 1.807) is 30.3 Å². The third-order valence-electron chi connectivity index (χ3n) is 7.81. The van der Waals surface area contributed by atoms with Gasteiger partial charge in [0.1, 0.15) is 17.0 Å². The summed E-state index contributed by atoms with van der Waals surface area (Å²) in [6.07, 6.45) is 1.79. The van der Waals surface area contributed by atoms with Crippen molar-refractivity contribution in [1.82, 2.24) is 10.6 Å². The number of anilines is 1. The van der Waals surface area contributed by atoms with E-state index in [0.29, 0.717) is 35.5 Å². The van der Waals surface area contributed by atoms with Crippen LogP contribution in [0.5, 0.6) is 0 Å². The molecule has 0 bridgehead atoms. The Morgan fingerprint density at radius 3 is 2.62 bits per heavy atom.